The van der Waals surface area contributed by atoms with Crippen molar-refractivity contribution < 1.29 is 5.48 Å². The van der Waals surface area contributed by atoms with Gasteiger partial charge in [-0.05, 0) is 38.2 Å². The van der Waals surface area contributed by atoms with Crippen molar-refractivity contribution in [2.24, 2.45) is 11.7 Å². The van der Waals surface area contributed by atoms with Gasteiger partial charge in [0.1, 0.15) is 0 Å². The van der Waals surface area contributed by atoms with Gasteiger partial charge >= 0.3 is 0 Å². The average Bonchev–Trinajstić information content (AvgIpc) is 2.17. The Balaban J connectivity index is 0.00000225. The third-order valence-electron chi connectivity index (χ3n) is 3.01. The maximum absolute atomic E-state index is 6.21. The minimum atomic E-state index is -0.0775. The van der Waals surface area contributed by atoms with Crippen molar-refractivity contribution in [2.45, 2.75) is 45.6 Å². The molecule has 1 rings (SSSR count). The van der Waals surface area contributed by atoms with Crippen LogP contribution < -0.4 is 5.73 Å². The van der Waals surface area contributed by atoms with Crippen LogP contribution in [-0.2, 0) is 6.42 Å². The van der Waals surface area contributed by atoms with Gasteiger partial charge in [-0.25, -0.2) is 0 Å². The lowest BCUT2D eigenvalue weighted by atomic mass is 9.80. The minimum absolute atomic E-state index is 0. The van der Waals surface area contributed by atoms with E-state index in [1.165, 1.54) is 18.4 Å². The van der Waals surface area contributed by atoms with Gasteiger partial charge in [0.05, 0.1) is 0 Å². The summed E-state index contributed by atoms with van der Waals surface area (Å²) in [5, 5.41) is 0. The second-order valence-electron chi connectivity index (χ2n) is 5.00. The molecule has 0 radical (unpaired) electrons. The molecule has 2 nitrogen and oxygen atoms in total. The van der Waals surface area contributed by atoms with Crippen LogP contribution in [0.25, 0.3) is 0 Å². The van der Waals surface area contributed by atoms with Gasteiger partial charge in [0.25, 0.3) is 0 Å². The molecule has 0 aliphatic heterocycles. The summed E-state index contributed by atoms with van der Waals surface area (Å²) in [6.45, 7) is 6.50. The van der Waals surface area contributed by atoms with E-state index in [1.807, 2.05) is 0 Å². The average molecular weight is 223 g/mol. The molecule has 2 heteroatoms. The Kier molecular flexibility index (Phi) is 6.31. The van der Waals surface area contributed by atoms with Crippen molar-refractivity contribution in [3.63, 3.8) is 0 Å². The van der Waals surface area contributed by atoms with E-state index in [9.17, 15) is 0 Å². The maximum Gasteiger partial charge on any atom is 0.0129 e. The highest BCUT2D eigenvalue weighted by atomic mass is 16.0. The summed E-state index contributed by atoms with van der Waals surface area (Å²) in [6.07, 6.45) is 3.51. The number of hydrogen-bond donors (Lipinski definition) is 1. The van der Waals surface area contributed by atoms with Gasteiger partial charge in [-0.2, -0.15) is 0 Å². The van der Waals surface area contributed by atoms with Crippen molar-refractivity contribution in [1.82, 2.24) is 0 Å². The first-order valence-electron chi connectivity index (χ1n) is 5.87. The highest BCUT2D eigenvalue weighted by Gasteiger charge is 2.24. The Morgan fingerprint density at radius 1 is 1.19 bits per heavy atom. The van der Waals surface area contributed by atoms with E-state index >= 15 is 0 Å². The minimum Gasteiger partial charge on any atom is -0.412 e. The van der Waals surface area contributed by atoms with Crippen molar-refractivity contribution >= 4 is 0 Å². The smallest absolute Gasteiger partial charge is 0.0129 e. The predicted molar refractivity (Wildman–Crippen MR) is 70.4 cm³/mol. The van der Waals surface area contributed by atoms with E-state index in [4.69, 9.17) is 5.73 Å². The fourth-order valence-electron chi connectivity index (χ4n) is 1.98. The van der Waals surface area contributed by atoms with Crippen molar-refractivity contribution in [3.8, 4) is 0 Å². The molecule has 0 heterocycles. The lowest BCUT2D eigenvalue weighted by Crippen LogP contribution is -2.41. The molecular formula is C14H25NO. The number of rotatable bonds is 5. The Labute approximate surface area is 99.2 Å². The Bertz CT molecular complexity index is 277. The molecular weight excluding hydrogens is 198 g/mol. The molecule has 0 aromatic heterocycles. The first kappa shape index (κ1) is 15.1. The Morgan fingerprint density at radius 2 is 1.75 bits per heavy atom. The zero-order valence-corrected chi connectivity index (χ0v) is 10.7. The fraction of sp³-hybridized carbons (Fsp3) is 0.571. The topological polar surface area (TPSA) is 57.5 Å². The van der Waals surface area contributed by atoms with Crippen LogP contribution in [-0.4, -0.2) is 11.0 Å². The SMILES string of the molecule is CCCC(Cc1ccccc1)C(C)(C)N.O. The van der Waals surface area contributed by atoms with Crippen LogP contribution in [0.2, 0.25) is 0 Å². The Morgan fingerprint density at radius 3 is 2.19 bits per heavy atom. The first-order valence-corrected chi connectivity index (χ1v) is 5.87. The molecule has 4 N–H and O–H groups in total. The van der Waals surface area contributed by atoms with Crippen molar-refractivity contribution in [3.05, 3.63) is 35.9 Å². The zero-order chi connectivity index (χ0) is 11.3. The third kappa shape index (κ3) is 4.77. The molecule has 16 heavy (non-hydrogen) atoms. The van der Waals surface area contributed by atoms with E-state index in [0.717, 1.165) is 6.42 Å². The van der Waals surface area contributed by atoms with Crippen LogP contribution in [0.3, 0.4) is 0 Å². The normalized spacial score (nSPS) is 13.0. The number of nitrogens with two attached hydrogens (primary N) is 1. The third-order valence-corrected chi connectivity index (χ3v) is 3.01. The van der Waals surface area contributed by atoms with Crippen molar-refractivity contribution in [2.75, 3.05) is 0 Å². The summed E-state index contributed by atoms with van der Waals surface area (Å²) in [5.41, 5.74) is 7.53. The molecule has 0 aliphatic rings. The van der Waals surface area contributed by atoms with Crippen LogP contribution in [0, 0.1) is 5.92 Å². The summed E-state index contributed by atoms with van der Waals surface area (Å²) in [5.74, 6) is 0.574. The van der Waals surface area contributed by atoms with Crippen molar-refractivity contribution in [1.29, 1.82) is 0 Å². The molecule has 0 amide bonds. The van der Waals surface area contributed by atoms with Crippen LogP contribution in [0.1, 0.15) is 39.2 Å². The van der Waals surface area contributed by atoms with E-state index in [1.54, 1.807) is 0 Å². The van der Waals surface area contributed by atoms with Gasteiger partial charge in [-0.3, -0.25) is 0 Å². The van der Waals surface area contributed by atoms with Gasteiger partial charge in [-0.1, -0.05) is 43.7 Å². The van der Waals surface area contributed by atoms with Crippen LogP contribution in [0.4, 0.5) is 0 Å². The van der Waals surface area contributed by atoms with Gasteiger partial charge in [0.15, 0.2) is 0 Å². The summed E-state index contributed by atoms with van der Waals surface area (Å²) >= 11 is 0. The standard InChI is InChI=1S/C14H23N.H2O/c1-4-8-13(14(2,3)15)11-12-9-6-5-7-10-12;/h5-7,9-10,13H,4,8,11,15H2,1-3H3;1H2. The highest BCUT2D eigenvalue weighted by Crippen LogP contribution is 2.23. The van der Waals surface area contributed by atoms with Gasteiger partial charge in [0, 0.05) is 5.54 Å². The van der Waals surface area contributed by atoms with E-state index in [0.29, 0.717) is 5.92 Å². The molecule has 0 fully saturated rings. The molecule has 0 saturated heterocycles. The predicted octanol–water partition coefficient (Wildman–Crippen LogP) is 2.56. The first-order chi connectivity index (χ1) is 7.04. The molecule has 0 spiro atoms. The van der Waals surface area contributed by atoms with Crippen LogP contribution in [0.5, 0.6) is 0 Å². The molecule has 1 unspecified atom stereocenters. The molecule has 1 atom stereocenters. The molecule has 92 valence electrons. The molecule has 1 aromatic rings. The van der Waals surface area contributed by atoms with Gasteiger partial charge in [0.2, 0.25) is 0 Å². The summed E-state index contributed by atoms with van der Waals surface area (Å²) < 4.78 is 0. The molecule has 0 aliphatic carbocycles. The van der Waals surface area contributed by atoms with Gasteiger partial charge < -0.3 is 11.2 Å². The lowest BCUT2D eigenvalue weighted by molar-refractivity contribution is 0.297. The molecule has 1 aromatic carbocycles. The Hall–Kier alpha value is -0.860. The van der Waals surface area contributed by atoms with Gasteiger partial charge in [-0.15, -0.1) is 0 Å². The quantitative estimate of drug-likeness (QED) is 0.819. The second kappa shape index (κ2) is 6.66. The van der Waals surface area contributed by atoms with E-state index < -0.39 is 0 Å². The molecule has 0 saturated carbocycles. The number of hydrogen-bond acceptors (Lipinski definition) is 1. The highest BCUT2D eigenvalue weighted by molar-refractivity contribution is 5.16. The maximum atomic E-state index is 6.21. The monoisotopic (exact) mass is 223 g/mol. The summed E-state index contributed by atoms with van der Waals surface area (Å²) in [4.78, 5) is 0. The lowest BCUT2D eigenvalue weighted by Gasteiger charge is -2.30. The summed E-state index contributed by atoms with van der Waals surface area (Å²) in [6, 6.07) is 10.6. The second-order valence-corrected chi connectivity index (χ2v) is 5.00. The largest absolute Gasteiger partial charge is 0.412 e. The van der Waals surface area contributed by atoms with Crippen LogP contribution in [0.15, 0.2) is 30.3 Å². The molecule has 0 bridgehead atoms. The fourth-order valence-corrected chi connectivity index (χ4v) is 1.98. The van der Waals surface area contributed by atoms with E-state index in [2.05, 4.69) is 51.1 Å². The van der Waals surface area contributed by atoms with E-state index in [-0.39, 0.29) is 11.0 Å². The van der Waals surface area contributed by atoms with Crippen LogP contribution >= 0.6 is 0 Å². The summed E-state index contributed by atoms with van der Waals surface area (Å²) in [7, 11) is 0. The number of benzene rings is 1. The zero-order valence-electron chi connectivity index (χ0n) is 10.7.